The van der Waals surface area contributed by atoms with Gasteiger partial charge in [0.05, 0.1) is 28.4 Å². The largest absolute Gasteiger partial charge is 0.467 e. The summed E-state index contributed by atoms with van der Waals surface area (Å²) in [6.45, 7) is 3.62. The number of amides is 2. The van der Waals surface area contributed by atoms with E-state index in [1.165, 1.54) is 7.11 Å². The molecule has 0 aliphatic carbocycles. The Labute approximate surface area is 236 Å². The van der Waals surface area contributed by atoms with Crippen molar-refractivity contribution in [3.8, 4) is 0 Å². The molecular weight excluding hydrogens is 541 g/mol. The molecule has 0 saturated heterocycles. The number of hydrogen-bond donors (Lipinski definition) is 2. The van der Waals surface area contributed by atoms with Crippen molar-refractivity contribution in [1.29, 1.82) is 0 Å². The van der Waals surface area contributed by atoms with Crippen molar-refractivity contribution in [3.05, 3.63) is 99.0 Å². The standard InChI is InChI=1S/C29H27Cl2N3O5/c1-17-7-11-19(12-8-17)24-16-29(2,39-34-24)28(37)33-23(27(36)38-3)15-18-9-13-20(14-10-18)32-26(35)25-21(30)5-4-6-22(25)31/h4-14,23H,15-16H2,1-3H3,(H,32,35)(H,33,37)/t23-,29?/m0/s1. The number of carbonyl (C=O) groups is 3. The number of anilines is 1. The molecule has 4 rings (SSSR count). The topological polar surface area (TPSA) is 106 Å². The predicted molar refractivity (Wildman–Crippen MR) is 150 cm³/mol. The number of rotatable bonds is 8. The van der Waals surface area contributed by atoms with Gasteiger partial charge in [-0.3, -0.25) is 9.59 Å². The molecule has 2 amide bonds. The average molecular weight is 568 g/mol. The van der Waals surface area contributed by atoms with E-state index in [0.717, 1.165) is 16.7 Å². The molecule has 1 aliphatic heterocycles. The van der Waals surface area contributed by atoms with Crippen molar-refractivity contribution in [1.82, 2.24) is 5.32 Å². The summed E-state index contributed by atoms with van der Waals surface area (Å²) in [5.41, 5.74) is 2.76. The molecule has 39 heavy (non-hydrogen) atoms. The van der Waals surface area contributed by atoms with E-state index in [9.17, 15) is 14.4 Å². The highest BCUT2D eigenvalue weighted by Crippen LogP contribution is 2.28. The van der Waals surface area contributed by atoms with Crippen molar-refractivity contribution in [2.45, 2.75) is 38.3 Å². The van der Waals surface area contributed by atoms with Crippen LogP contribution < -0.4 is 10.6 Å². The van der Waals surface area contributed by atoms with Crippen molar-refractivity contribution in [3.63, 3.8) is 0 Å². The lowest BCUT2D eigenvalue weighted by Gasteiger charge is -2.24. The Morgan fingerprint density at radius 1 is 1.03 bits per heavy atom. The molecule has 8 nitrogen and oxygen atoms in total. The summed E-state index contributed by atoms with van der Waals surface area (Å²) in [6.07, 6.45) is 0.407. The van der Waals surface area contributed by atoms with Gasteiger partial charge < -0.3 is 20.2 Å². The Morgan fingerprint density at radius 3 is 2.28 bits per heavy atom. The minimum absolute atomic E-state index is 0.157. The highest BCUT2D eigenvalue weighted by Gasteiger charge is 2.43. The Hall–Kier alpha value is -3.88. The van der Waals surface area contributed by atoms with E-state index in [0.29, 0.717) is 11.4 Å². The highest BCUT2D eigenvalue weighted by atomic mass is 35.5. The summed E-state index contributed by atoms with van der Waals surface area (Å²) < 4.78 is 4.93. The van der Waals surface area contributed by atoms with E-state index >= 15 is 0 Å². The lowest BCUT2D eigenvalue weighted by atomic mass is 9.94. The van der Waals surface area contributed by atoms with Crippen LogP contribution in [0.3, 0.4) is 0 Å². The monoisotopic (exact) mass is 567 g/mol. The summed E-state index contributed by atoms with van der Waals surface area (Å²) >= 11 is 12.2. The van der Waals surface area contributed by atoms with Gasteiger partial charge in [0.15, 0.2) is 0 Å². The number of aryl methyl sites for hydroxylation is 1. The number of ether oxygens (including phenoxy) is 1. The molecule has 10 heteroatoms. The van der Waals surface area contributed by atoms with E-state index in [4.69, 9.17) is 32.8 Å². The van der Waals surface area contributed by atoms with Gasteiger partial charge in [0.1, 0.15) is 6.04 Å². The molecule has 1 aliphatic rings. The molecule has 0 spiro atoms. The number of nitrogens with zero attached hydrogens (tertiary/aromatic N) is 1. The van der Waals surface area contributed by atoms with Crippen LogP contribution in [0.15, 0.2) is 71.9 Å². The molecule has 3 aromatic rings. The predicted octanol–water partition coefficient (Wildman–Crippen LogP) is 5.34. The van der Waals surface area contributed by atoms with Crippen LogP contribution in [0.2, 0.25) is 10.0 Å². The van der Waals surface area contributed by atoms with Crippen LogP contribution in [0.4, 0.5) is 5.69 Å². The van der Waals surface area contributed by atoms with Crippen molar-refractivity contribution in [2.75, 3.05) is 12.4 Å². The summed E-state index contributed by atoms with van der Waals surface area (Å²) in [6, 6.07) is 18.5. The SMILES string of the molecule is COC(=O)[C@H](Cc1ccc(NC(=O)c2c(Cl)cccc2Cl)cc1)NC(=O)C1(C)CC(c2ccc(C)cc2)=NO1. The van der Waals surface area contributed by atoms with Gasteiger partial charge in [-0.05, 0) is 49.2 Å². The Kier molecular flexibility index (Phi) is 8.57. The fraction of sp³-hybridized carbons (Fsp3) is 0.241. The molecule has 1 heterocycles. The third-order valence-electron chi connectivity index (χ3n) is 6.36. The maximum atomic E-state index is 13.2. The molecule has 1 unspecified atom stereocenters. The van der Waals surface area contributed by atoms with Gasteiger partial charge in [-0.25, -0.2) is 4.79 Å². The molecule has 0 saturated carbocycles. The molecular formula is C29H27Cl2N3O5. The zero-order valence-electron chi connectivity index (χ0n) is 21.6. The van der Waals surface area contributed by atoms with E-state index in [-0.39, 0.29) is 28.5 Å². The average Bonchev–Trinajstić information content (AvgIpc) is 3.32. The third-order valence-corrected chi connectivity index (χ3v) is 6.99. The van der Waals surface area contributed by atoms with Gasteiger partial charge in [-0.2, -0.15) is 0 Å². The summed E-state index contributed by atoms with van der Waals surface area (Å²) in [7, 11) is 1.26. The quantitative estimate of drug-likeness (QED) is 0.357. The number of carbonyl (C=O) groups excluding carboxylic acids is 3. The zero-order chi connectivity index (χ0) is 28.2. The van der Waals surface area contributed by atoms with E-state index in [1.54, 1.807) is 49.4 Å². The fourth-order valence-corrected chi connectivity index (χ4v) is 4.65. The Bertz CT molecular complexity index is 1400. The molecule has 2 N–H and O–H groups in total. The number of nitrogens with one attached hydrogen (secondary N) is 2. The van der Waals surface area contributed by atoms with Crippen molar-refractivity contribution in [2.24, 2.45) is 5.16 Å². The van der Waals surface area contributed by atoms with Gasteiger partial charge in [-0.1, -0.05) is 76.4 Å². The van der Waals surface area contributed by atoms with Gasteiger partial charge in [0.25, 0.3) is 11.8 Å². The van der Waals surface area contributed by atoms with Crippen LogP contribution in [-0.2, 0) is 25.6 Å². The van der Waals surface area contributed by atoms with E-state index < -0.39 is 29.4 Å². The minimum atomic E-state index is -1.28. The molecule has 0 fully saturated rings. The van der Waals surface area contributed by atoms with Crippen molar-refractivity contribution < 1.29 is 24.0 Å². The molecule has 3 aromatic carbocycles. The minimum Gasteiger partial charge on any atom is -0.467 e. The smallest absolute Gasteiger partial charge is 0.328 e. The third kappa shape index (κ3) is 6.58. The second kappa shape index (κ2) is 11.9. The molecule has 0 bridgehead atoms. The summed E-state index contributed by atoms with van der Waals surface area (Å²) in [5.74, 6) is -1.53. The molecule has 202 valence electrons. The van der Waals surface area contributed by atoms with Gasteiger partial charge in [0, 0.05) is 18.5 Å². The zero-order valence-corrected chi connectivity index (χ0v) is 23.1. The first kappa shape index (κ1) is 28.1. The second-order valence-electron chi connectivity index (χ2n) is 9.40. The summed E-state index contributed by atoms with van der Waals surface area (Å²) in [4.78, 5) is 43.9. The van der Waals surface area contributed by atoms with Gasteiger partial charge in [-0.15, -0.1) is 0 Å². The normalized spacial score (nSPS) is 17.0. The van der Waals surface area contributed by atoms with Crippen LogP contribution >= 0.6 is 23.2 Å². The maximum absolute atomic E-state index is 13.2. The lowest BCUT2D eigenvalue weighted by molar-refractivity contribution is -0.150. The highest BCUT2D eigenvalue weighted by molar-refractivity contribution is 6.40. The number of esters is 1. The number of hydrogen-bond acceptors (Lipinski definition) is 6. The first-order valence-corrected chi connectivity index (χ1v) is 12.9. The van der Waals surface area contributed by atoms with Gasteiger partial charge >= 0.3 is 5.97 Å². The number of benzene rings is 3. The van der Waals surface area contributed by atoms with Crippen LogP contribution in [-0.4, -0.2) is 42.2 Å². The Morgan fingerprint density at radius 2 is 1.67 bits per heavy atom. The number of halogens is 2. The first-order valence-electron chi connectivity index (χ1n) is 12.1. The Balaban J connectivity index is 1.40. The second-order valence-corrected chi connectivity index (χ2v) is 10.2. The van der Waals surface area contributed by atoms with E-state index in [1.807, 2.05) is 31.2 Å². The van der Waals surface area contributed by atoms with Crippen LogP contribution in [0, 0.1) is 6.92 Å². The fourth-order valence-electron chi connectivity index (χ4n) is 4.08. The van der Waals surface area contributed by atoms with Crippen LogP contribution in [0.25, 0.3) is 0 Å². The van der Waals surface area contributed by atoms with Gasteiger partial charge in [0.2, 0.25) is 5.60 Å². The molecule has 0 radical (unpaired) electrons. The van der Waals surface area contributed by atoms with Crippen LogP contribution in [0.5, 0.6) is 0 Å². The van der Waals surface area contributed by atoms with E-state index in [2.05, 4.69) is 15.8 Å². The van der Waals surface area contributed by atoms with Crippen LogP contribution in [0.1, 0.15) is 40.4 Å². The maximum Gasteiger partial charge on any atom is 0.328 e. The number of methoxy groups -OCH3 is 1. The molecule has 0 aromatic heterocycles. The molecule has 2 atom stereocenters. The lowest BCUT2D eigenvalue weighted by Crippen LogP contribution is -2.52. The summed E-state index contributed by atoms with van der Waals surface area (Å²) in [5, 5.41) is 10.1. The number of oxime groups is 1. The first-order chi connectivity index (χ1) is 18.6. The van der Waals surface area contributed by atoms with Crippen molar-refractivity contribution >= 4 is 52.4 Å².